The molecule has 0 N–H and O–H groups in total. The van der Waals surface area contributed by atoms with Crippen molar-refractivity contribution in [1.29, 1.82) is 0 Å². The second-order valence-corrected chi connectivity index (χ2v) is 4.28. The highest BCUT2D eigenvalue weighted by Crippen LogP contribution is 2.28. The molecule has 2 heteroatoms. The molecule has 0 fully saturated rings. The van der Waals surface area contributed by atoms with Gasteiger partial charge in [0.25, 0.3) is 0 Å². The van der Waals surface area contributed by atoms with Crippen molar-refractivity contribution < 1.29 is 4.42 Å². The predicted molar refractivity (Wildman–Crippen MR) is 51.8 cm³/mol. The standard InChI is InChI=1S/C11H13NO/c1-11(2,3)10-6-9-8(7-13-10)4-5-12-9/h4-7H,1-3H3. The molecule has 0 aromatic rings. The Morgan fingerprint density at radius 2 is 2.08 bits per heavy atom. The Bertz CT molecular complexity index is 384. The van der Waals surface area contributed by atoms with Gasteiger partial charge in [-0.1, -0.05) is 20.8 Å². The minimum atomic E-state index is 0.0487. The first kappa shape index (κ1) is 8.30. The first-order chi connectivity index (χ1) is 6.07. The number of nitrogens with zero attached hydrogens (tertiary/aromatic N) is 1. The lowest BCUT2D eigenvalue weighted by molar-refractivity contribution is 0.397. The molecular weight excluding hydrogens is 162 g/mol. The topological polar surface area (TPSA) is 26.0 Å². The molecule has 0 radical (unpaired) electrons. The van der Waals surface area contributed by atoms with Crippen LogP contribution in [0, 0.1) is 0 Å². The van der Waals surface area contributed by atoms with E-state index < -0.39 is 0 Å². The highest BCUT2D eigenvalue weighted by Gasteiger charge is 2.18. The summed E-state index contributed by atoms with van der Waals surface area (Å²) in [5.74, 6) is 0.971. The van der Waals surface area contributed by atoms with Gasteiger partial charge in [-0.25, -0.2) is 0 Å². The molecule has 0 amide bonds. The monoisotopic (exact) mass is 175 g/mol. The zero-order valence-corrected chi connectivity index (χ0v) is 8.16. The van der Waals surface area contributed by atoms with Crippen molar-refractivity contribution in [1.82, 2.24) is 4.98 Å². The van der Waals surface area contributed by atoms with Crippen LogP contribution < -0.4 is 0 Å². The Hall–Kier alpha value is -1.31. The molecule has 68 valence electrons. The minimum absolute atomic E-state index is 0.0487. The predicted octanol–water partition coefficient (Wildman–Crippen LogP) is 3.08. The molecule has 13 heavy (non-hydrogen) atoms. The highest BCUT2D eigenvalue weighted by atomic mass is 16.3. The summed E-state index contributed by atoms with van der Waals surface area (Å²) in [4.78, 5) is 4.23. The van der Waals surface area contributed by atoms with Crippen molar-refractivity contribution in [2.75, 3.05) is 0 Å². The minimum Gasteiger partial charge on any atom is -0.468 e. The van der Waals surface area contributed by atoms with Gasteiger partial charge in [0.2, 0.25) is 0 Å². The van der Waals surface area contributed by atoms with Gasteiger partial charge in [-0.05, 0) is 6.07 Å². The maximum Gasteiger partial charge on any atom is 0.111 e. The van der Waals surface area contributed by atoms with Crippen molar-refractivity contribution >= 4 is 0 Å². The van der Waals surface area contributed by atoms with Crippen LogP contribution >= 0.6 is 0 Å². The lowest BCUT2D eigenvalue weighted by Crippen LogP contribution is -2.10. The van der Waals surface area contributed by atoms with Crippen LogP contribution in [0.5, 0.6) is 0 Å². The number of hydrogen-bond acceptors (Lipinski definition) is 2. The van der Waals surface area contributed by atoms with E-state index in [0.29, 0.717) is 0 Å². The molecule has 0 unspecified atom stereocenters. The fraction of sp³-hybridized carbons (Fsp3) is 0.364. The van der Waals surface area contributed by atoms with E-state index in [4.69, 9.17) is 4.42 Å². The first-order valence-electron chi connectivity index (χ1n) is 4.41. The van der Waals surface area contributed by atoms with Gasteiger partial charge in [0.05, 0.1) is 5.69 Å². The first-order valence-corrected chi connectivity index (χ1v) is 4.41. The molecule has 2 heterocycles. The Morgan fingerprint density at radius 3 is 2.77 bits per heavy atom. The van der Waals surface area contributed by atoms with Crippen LogP contribution in [-0.2, 0) is 5.41 Å². The van der Waals surface area contributed by atoms with Gasteiger partial charge in [0.1, 0.15) is 12.0 Å². The molecule has 2 aliphatic heterocycles. The van der Waals surface area contributed by atoms with Crippen molar-refractivity contribution in [3.8, 4) is 11.3 Å². The second-order valence-electron chi connectivity index (χ2n) is 4.28. The van der Waals surface area contributed by atoms with E-state index in [1.807, 2.05) is 12.1 Å². The van der Waals surface area contributed by atoms with E-state index in [9.17, 15) is 0 Å². The van der Waals surface area contributed by atoms with Crippen molar-refractivity contribution in [2.45, 2.75) is 26.2 Å². The van der Waals surface area contributed by atoms with Crippen LogP contribution in [0.4, 0.5) is 0 Å². The van der Waals surface area contributed by atoms with Gasteiger partial charge in [-0.15, -0.1) is 0 Å². The largest absolute Gasteiger partial charge is 0.468 e. The third-order valence-electron chi connectivity index (χ3n) is 2.08. The summed E-state index contributed by atoms with van der Waals surface area (Å²) >= 11 is 0. The van der Waals surface area contributed by atoms with Gasteiger partial charge in [0, 0.05) is 23.2 Å². The van der Waals surface area contributed by atoms with Crippen molar-refractivity contribution in [2.24, 2.45) is 0 Å². The Balaban J connectivity index is 2.56. The van der Waals surface area contributed by atoms with E-state index in [-0.39, 0.29) is 5.41 Å². The van der Waals surface area contributed by atoms with Crippen LogP contribution in [-0.4, -0.2) is 4.98 Å². The normalized spacial score (nSPS) is 12.2. The summed E-state index contributed by atoms with van der Waals surface area (Å²) in [6.45, 7) is 6.38. The van der Waals surface area contributed by atoms with Gasteiger partial charge in [-0.2, -0.15) is 0 Å². The molecule has 0 bridgehead atoms. The number of hydrogen-bond donors (Lipinski definition) is 0. The number of aromatic nitrogens is 1. The average molecular weight is 175 g/mol. The zero-order valence-electron chi connectivity index (χ0n) is 8.16. The molecule has 0 aromatic carbocycles. The molecule has 0 spiro atoms. The van der Waals surface area contributed by atoms with Gasteiger partial charge in [0.15, 0.2) is 0 Å². The summed E-state index contributed by atoms with van der Waals surface area (Å²) in [5, 5.41) is 0. The van der Waals surface area contributed by atoms with Crippen LogP contribution in [0.2, 0.25) is 0 Å². The number of fused-ring (bicyclic) bond motifs is 1. The van der Waals surface area contributed by atoms with Crippen LogP contribution in [0.25, 0.3) is 11.3 Å². The molecule has 2 aliphatic rings. The second kappa shape index (κ2) is 2.59. The highest BCUT2D eigenvalue weighted by molar-refractivity contribution is 5.59. The maximum absolute atomic E-state index is 5.52. The van der Waals surface area contributed by atoms with Gasteiger partial charge >= 0.3 is 0 Å². The Labute approximate surface area is 77.9 Å². The lowest BCUT2D eigenvalue weighted by atomic mass is 9.92. The molecule has 0 aliphatic carbocycles. The number of rotatable bonds is 0. The fourth-order valence-electron chi connectivity index (χ4n) is 1.26. The molecule has 0 saturated heterocycles. The summed E-state index contributed by atoms with van der Waals surface area (Å²) in [6, 6.07) is 3.96. The summed E-state index contributed by atoms with van der Waals surface area (Å²) in [7, 11) is 0. The molecule has 2 nitrogen and oxygen atoms in total. The molecule has 0 saturated carbocycles. The van der Waals surface area contributed by atoms with Gasteiger partial charge in [-0.3, -0.25) is 4.98 Å². The average Bonchev–Trinajstić information content (AvgIpc) is 2.47. The van der Waals surface area contributed by atoms with E-state index in [1.165, 1.54) is 0 Å². The molecule has 2 rings (SSSR count). The van der Waals surface area contributed by atoms with E-state index in [2.05, 4.69) is 25.8 Å². The Morgan fingerprint density at radius 1 is 1.31 bits per heavy atom. The summed E-state index contributed by atoms with van der Waals surface area (Å²) in [5.41, 5.74) is 2.12. The Kier molecular flexibility index (Phi) is 1.65. The van der Waals surface area contributed by atoms with Crippen molar-refractivity contribution in [3.63, 3.8) is 0 Å². The maximum atomic E-state index is 5.52. The van der Waals surface area contributed by atoms with Gasteiger partial charge < -0.3 is 4.42 Å². The smallest absolute Gasteiger partial charge is 0.111 e. The summed E-state index contributed by atoms with van der Waals surface area (Å²) < 4.78 is 5.52. The summed E-state index contributed by atoms with van der Waals surface area (Å²) in [6.07, 6.45) is 3.57. The van der Waals surface area contributed by atoms with E-state index in [0.717, 1.165) is 17.0 Å². The third kappa shape index (κ3) is 1.44. The third-order valence-corrected chi connectivity index (χ3v) is 2.08. The fourth-order valence-corrected chi connectivity index (χ4v) is 1.26. The van der Waals surface area contributed by atoms with E-state index in [1.54, 1.807) is 12.5 Å². The lowest BCUT2D eigenvalue weighted by Gasteiger charge is -2.17. The van der Waals surface area contributed by atoms with Crippen LogP contribution in [0.3, 0.4) is 0 Å². The van der Waals surface area contributed by atoms with Crippen LogP contribution in [0.15, 0.2) is 29.0 Å². The quantitative estimate of drug-likeness (QED) is 0.615. The molecular formula is C11H13NO. The van der Waals surface area contributed by atoms with Crippen molar-refractivity contribution in [3.05, 3.63) is 30.4 Å². The molecule has 0 atom stereocenters. The molecule has 0 aromatic heterocycles. The SMILES string of the molecule is CC(C)(C)c1cc2nccc-2co1. The zero-order chi connectivity index (χ0) is 9.47. The van der Waals surface area contributed by atoms with E-state index >= 15 is 0 Å². The van der Waals surface area contributed by atoms with Crippen LogP contribution in [0.1, 0.15) is 26.5 Å².